The summed E-state index contributed by atoms with van der Waals surface area (Å²) in [6, 6.07) is 5.36. The van der Waals surface area contributed by atoms with E-state index < -0.39 is 11.7 Å². The molecule has 1 aromatic carbocycles. The number of rotatable bonds is 4. The molecule has 2 aromatic rings. The Labute approximate surface area is 166 Å². The van der Waals surface area contributed by atoms with Crippen molar-refractivity contribution in [3.63, 3.8) is 0 Å². The summed E-state index contributed by atoms with van der Waals surface area (Å²) in [5.41, 5.74) is 0.876. The van der Waals surface area contributed by atoms with Crippen LogP contribution in [0.25, 0.3) is 0 Å². The Kier molecular flexibility index (Phi) is 6.27. The lowest BCUT2D eigenvalue weighted by Crippen LogP contribution is -2.44. The zero-order valence-electron chi connectivity index (χ0n) is 16.0. The number of carbonyl (C=O) groups excluding carboxylic acids is 1. The van der Waals surface area contributed by atoms with E-state index in [1.807, 2.05) is 18.7 Å². The van der Waals surface area contributed by atoms with Crippen LogP contribution in [0, 0.1) is 6.92 Å². The first kappa shape index (κ1) is 20.6. The Morgan fingerprint density at radius 1 is 1.39 bits per heavy atom. The molecule has 28 heavy (non-hydrogen) atoms. The van der Waals surface area contributed by atoms with Gasteiger partial charge in [0.05, 0.1) is 16.3 Å². The summed E-state index contributed by atoms with van der Waals surface area (Å²) in [6.45, 7) is 5.83. The Bertz CT molecular complexity index is 834. The van der Waals surface area contributed by atoms with E-state index in [4.69, 9.17) is 0 Å². The molecule has 0 spiro atoms. The third kappa shape index (κ3) is 4.84. The van der Waals surface area contributed by atoms with Crippen molar-refractivity contribution in [1.29, 1.82) is 0 Å². The van der Waals surface area contributed by atoms with Crippen molar-refractivity contribution in [2.45, 2.75) is 45.2 Å². The standard InChI is InChI=1S/C20H24F3N3OS/c1-3-24-19(27)26-9-5-7-15(12-26)18-13(2)25-17(28-18)11-14-6-4-8-16(10-14)20(21,22)23/h4,6,8,10,15H,3,5,7,9,11-12H2,1-2H3,(H,24,27). The Morgan fingerprint density at radius 3 is 2.89 bits per heavy atom. The number of nitrogens with one attached hydrogen (secondary N) is 1. The number of carbonyl (C=O) groups is 1. The lowest BCUT2D eigenvalue weighted by molar-refractivity contribution is -0.137. The van der Waals surface area contributed by atoms with E-state index in [0.29, 0.717) is 25.1 Å². The van der Waals surface area contributed by atoms with E-state index in [1.54, 1.807) is 17.4 Å². The molecule has 1 aliphatic rings. The highest BCUT2D eigenvalue weighted by Gasteiger charge is 2.31. The van der Waals surface area contributed by atoms with Crippen molar-refractivity contribution in [3.05, 3.63) is 51.0 Å². The van der Waals surface area contributed by atoms with Crippen LogP contribution in [0.4, 0.5) is 18.0 Å². The number of urea groups is 1. The van der Waals surface area contributed by atoms with Gasteiger partial charge in [0.1, 0.15) is 0 Å². The molecule has 1 saturated heterocycles. The van der Waals surface area contributed by atoms with Gasteiger partial charge in [-0.05, 0) is 38.3 Å². The molecule has 0 radical (unpaired) electrons. The number of hydrogen-bond acceptors (Lipinski definition) is 3. The third-order valence-electron chi connectivity index (χ3n) is 4.89. The van der Waals surface area contributed by atoms with E-state index in [2.05, 4.69) is 10.3 Å². The van der Waals surface area contributed by atoms with Crippen LogP contribution in [0.2, 0.25) is 0 Å². The zero-order chi connectivity index (χ0) is 20.3. The number of thiazole rings is 1. The van der Waals surface area contributed by atoms with Crippen molar-refractivity contribution < 1.29 is 18.0 Å². The van der Waals surface area contributed by atoms with E-state index in [0.717, 1.165) is 41.0 Å². The molecule has 0 bridgehead atoms. The third-order valence-corrected chi connectivity index (χ3v) is 6.21. The van der Waals surface area contributed by atoms with Crippen molar-refractivity contribution >= 4 is 17.4 Å². The molecule has 1 aromatic heterocycles. The second kappa shape index (κ2) is 8.51. The predicted octanol–water partition coefficient (Wildman–Crippen LogP) is 4.97. The molecule has 1 N–H and O–H groups in total. The average molecular weight is 411 g/mol. The predicted molar refractivity (Wildman–Crippen MR) is 104 cm³/mol. The maximum atomic E-state index is 12.9. The van der Waals surface area contributed by atoms with Gasteiger partial charge in [-0.3, -0.25) is 0 Å². The van der Waals surface area contributed by atoms with Gasteiger partial charge < -0.3 is 10.2 Å². The van der Waals surface area contributed by atoms with Crippen LogP contribution in [0.5, 0.6) is 0 Å². The first-order valence-electron chi connectivity index (χ1n) is 9.43. The molecule has 152 valence electrons. The highest BCUT2D eigenvalue weighted by Crippen LogP contribution is 2.35. The monoisotopic (exact) mass is 411 g/mol. The number of alkyl halides is 3. The van der Waals surface area contributed by atoms with Crippen molar-refractivity contribution in [1.82, 2.24) is 15.2 Å². The molecule has 1 fully saturated rings. The van der Waals surface area contributed by atoms with Crippen molar-refractivity contribution in [3.8, 4) is 0 Å². The highest BCUT2D eigenvalue weighted by atomic mass is 32.1. The second-order valence-electron chi connectivity index (χ2n) is 7.05. The molecule has 0 saturated carbocycles. The van der Waals surface area contributed by atoms with Gasteiger partial charge in [0.25, 0.3) is 0 Å². The summed E-state index contributed by atoms with van der Waals surface area (Å²) in [5, 5.41) is 3.65. The van der Waals surface area contributed by atoms with E-state index in [9.17, 15) is 18.0 Å². The summed E-state index contributed by atoms with van der Waals surface area (Å²) < 4.78 is 38.8. The van der Waals surface area contributed by atoms with Crippen LogP contribution in [-0.2, 0) is 12.6 Å². The number of aryl methyl sites for hydroxylation is 1. The van der Waals surface area contributed by atoms with Crippen LogP contribution in [0.3, 0.4) is 0 Å². The number of amides is 2. The number of likely N-dealkylation sites (tertiary alicyclic amines) is 1. The fourth-order valence-corrected chi connectivity index (χ4v) is 4.82. The topological polar surface area (TPSA) is 45.2 Å². The fourth-order valence-electron chi connectivity index (χ4n) is 3.59. The van der Waals surface area contributed by atoms with Gasteiger partial charge in [-0.1, -0.05) is 18.2 Å². The number of aromatic nitrogens is 1. The number of benzene rings is 1. The molecule has 0 aliphatic carbocycles. The van der Waals surface area contributed by atoms with Gasteiger partial charge in [-0.25, -0.2) is 9.78 Å². The van der Waals surface area contributed by atoms with Crippen LogP contribution in [0.1, 0.15) is 52.4 Å². The number of hydrogen-bond donors (Lipinski definition) is 1. The summed E-state index contributed by atoms with van der Waals surface area (Å²) in [6.07, 6.45) is -2.04. The van der Waals surface area contributed by atoms with Crippen molar-refractivity contribution in [2.24, 2.45) is 0 Å². The lowest BCUT2D eigenvalue weighted by atomic mass is 9.96. The number of piperidine rings is 1. The van der Waals surface area contributed by atoms with Gasteiger partial charge in [-0.2, -0.15) is 13.2 Å². The molecule has 1 atom stereocenters. The molecule has 8 heteroatoms. The summed E-state index contributed by atoms with van der Waals surface area (Å²) in [4.78, 5) is 19.7. The molecule has 2 amide bonds. The summed E-state index contributed by atoms with van der Waals surface area (Å²) in [7, 11) is 0. The van der Waals surface area contributed by atoms with E-state index >= 15 is 0 Å². The number of nitrogens with zero attached hydrogens (tertiary/aromatic N) is 2. The van der Waals surface area contributed by atoms with Gasteiger partial charge in [0, 0.05) is 36.9 Å². The largest absolute Gasteiger partial charge is 0.416 e. The number of halogens is 3. The molecule has 3 rings (SSSR count). The molecule has 2 heterocycles. The highest BCUT2D eigenvalue weighted by molar-refractivity contribution is 7.11. The molecular formula is C20H24F3N3OS. The van der Waals surface area contributed by atoms with Crippen LogP contribution in [-0.4, -0.2) is 35.5 Å². The average Bonchev–Trinajstić information content (AvgIpc) is 3.02. The molecular weight excluding hydrogens is 387 g/mol. The van der Waals surface area contributed by atoms with E-state index in [1.165, 1.54) is 12.1 Å². The normalized spacial score (nSPS) is 17.6. The van der Waals surface area contributed by atoms with Crippen LogP contribution >= 0.6 is 11.3 Å². The second-order valence-corrected chi connectivity index (χ2v) is 8.17. The maximum Gasteiger partial charge on any atom is 0.416 e. The molecule has 4 nitrogen and oxygen atoms in total. The van der Waals surface area contributed by atoms with Gasteiger partial charge in [0.15, 0.2) is 0 Å². The maximum absolute atomic E-state index is 12.9. The molecule has 1 aliphatic heterocycles. The summed E-state index contributed by atoms with van der Waals surface area (Å²) >= 11 is 1.55. The summed E-state index contributed by atoms with van der Waals surface area (Å²) in [5.74, 6) is 0.226. The van der Waals surface area contributed by atoms with Crippen molar-refractivity contribution in [2.75, 3.05) is 19.6 Å². The minimum atomic E-state index is -4.34. The first-order valence-corrected chi connectivity index (χ1v) is 10.2. The zero-order valence-corrected chi connectivity index (χ0v) is 16.8. The lowest BCUT2D eigenvalue weighted by Gasteiger charge is -2.32. The van der Waals surface area contributed by atoms with Gasteiger partial charge in [0.2, 0.25) is 0 Å². The van der Waals surface area contributed by atoms with Gasteiger partial charge in [-0.15, -0.1) is 11.3 Å². The van der Waals surface area contributed by atoms with E-state index in [-0.39, 0.29) is 11.9 Å². The Balaban J connectivity index is 1.74. The van der Waals surface area contributed by atoms with Crippen LogP contribution < -0.4 is 5.32 Å². The van der Waals surface area contributed by atoms with Gasteiger partial charge >= 0.3 is 12.2 Å². The van der Waals surface area contributed by atoms with Crippen LogP contribution in [0.15, 0.2) is 24.3 Å². The quantitative estimate of drug-likeness (QED) is 0.772. The minimum Gasteiger partial charge on any atom is -0.338 e. The SMILES string of the molecule is CCNC(=O)N1CCCC(c2sc(Cc3cccc(C(F)(F)F)c3)nc2C)C1. The fraction of sp³-hybridized carbons (Fsp3) is 0.500. The first-order chi connectivity index (χ1) is 13.3. The Morgan fingerprint density at radius 2 is 2.18 bits per heavy atom. The molecule has 1 unspecified atom stereocenters. The smallest absolute Gasteiger partial charge is 0.338 e. The minimum absolute atomic E-state index is 0.0430. The Hall–Kier alpha value is -2.09.